The highest BCUT2D eigenvalue weighted by Gasteiger charge is 2.17. The van der Waals surface area contributed by atoms with Crippen LogP contribution < -0.4 is 20.7 Å². The van der Waals surface area contributed by atoms with Crippen molar-refractivity contribution in [2.24, 2.45) is 0 Å². The maximum Gasteiger partial charge on any atom is 0.330 e. The molecule has 1 aliphatic rings. The number of pyridine rings is 1. The predicted molar refractivity (Wildman–Crippen MR) is 90.1 cm³/mol. The van der Waals surface area contributed by atoms with Crippen molar-refractivity contribution in [1.29, 1.82) is 0 Å². The fourth-order valence-corrected chi connectivity index (χ4v) is 2.90. The van der Waals surface area contributed by atoms with E-state index in [9.17, 15) is 9.59 Å². The third-order valence-electron chi connectivity index (χ3n) is 4.08. The van der Waals surface area contributed by atoms with Crippen molar-refractivity contribution >= 4 is 11.0 Å². The summed E-state index contributed by atoms with van der Waals surface area (Å²) in [6, 6.07) is 7.17. The first-order valence-electron chi connectivity index (χ1n) is 7.70. The van der Waals surface area contributed by atoms with Gasteiger partial charge in [-0.3, -0.25) is 14.3 Å². The summed E-state index contributed by atoms with van der Waals surface area (Å²) in [7, 11) is 1.55. The average Bonchev–Trinajstić information content (AvgIpc) is 3.08. The number of fused-ring (bicyclic) bond motifs is 2. The highest BCUT2D eigenvalue weighted by atomic mass is 16.7. The Morgan fingerprint density at radius 1 is 1.24 bits per heavy atom. The molecule has 3 heterocycles. The van der Waals surface area contributed by atoms with E-state index in [1.807, 2.05) is 6.07 Å². The van der Waals surface area contributed by atoms with Crippen LogP contribution in [0.3, 0.4) is 0 Å². The van der Waals surface area contributed by atoms with Gasteiger partial charge in [-0.2, -0.15) is 0 Å². The zero-order chi connectivity index (χ0) is 17.4. The van der Waals surface area contributed by atoms with Gasteiger partial charge in [0.1, 0.15) is 5.65 Å². The molecule has 8 nitrogen and oxygen atoms in total. The Hall–Kier alpha value is -3.13. The van der Waals surface area contributed by atoms with Crippen LogP contribution in [0.1, 0.15) is 0 Å². The Morgan fingerprint density at radius 3 is 2.92 bits per heavy atom. The minimum Gasteiger partial charge on any atom is -0.454 e. The van der Waals surface area contributed by atoms with Crippen LogP contribution in [0.4, 0.5) is 0 Å². The molecule has 8 heteroatoms. The van der Waals surface area contributed by atoms with E-state index in [1.165, 1.54) is 4.57 Å². The number of aromatic nitrogens is 3. The van der Waals surface area contributed by atoms with Crippen molar-refractivity contribution in [2.75, 3.05) is 20.5 Å². The van der Waals surface area contributed by atoms with Gasteiger partial charge in [-0.25, -0.2) is 9.78 Å². The molecule has 1 aromatic carbocycles. The smallest absolute Gasteiger partial charge is 0.330 e. The van der Waals surface area contributed by atoms with Crippen LogP contribution in [0.25, 0.3) is 22.2 Å². The first-order chi connectivity index (χ1) is 12.2. The topological polar surface area (TPSA) is 95.4 Å². The Kier molecular flexibility index (Phi) is 3.73. The van der Waals surface area contributed by atoms with Gasteiger partial charge in [0.25, 0.3) is 5.56 Å². The maximum absolute atomic E-state index is 12.5. The summed E-state index contributed by atoms with van der Waals surface area (Å²) in [4.78, 5) is 31.2. The summed E-state index contributed by atoms with van der Waals surface area (Å²) in [5.74, 6) is 1.28. The van der Waals surface area contributed by atoms with Gasteiger partial charge in [0.15, 0.2) is 11.5 Å². The van der Waals surface area contributed by atoms with Crippen LogP contribution in [0.2, 0.25) is 0 Å². The molecule has 1 aliphatic heterocycles. The largest absolute Gasteiger partial charge is 0.454 e. The van der Waals surface area contributed by atoms with Gasteiger partial charge in [0, 0.05) is 13.3 Å². The standard InChI is InChI=1S/C17H15N3O5/c1-23-7-6-20-15-14(16(21)19-17(20)22)11(4-5-18-15)10-2-3-12-13(8-10)25-9-24-12/h2-5,8H,6-7,9H2,1H3,(H,19,21,22). The fraction of sp³-hybridized carbons (Fsp3) is 0.235. The Balaban J connectivity index is 1.96. The zero-order valence-corrected chi connectivity index (χ0v) is 13.4. The predicted octanol–water partition coefficient (Wildman–Crippen LogP) is 1.13. The van der Waals surface area contributed by atoms with Gasteiger partial charge < -0.3 is 14.2 Å². The van der Waals surface area contributed by atoms with Crippen LogP contribution in [0, 0.1) is 0 Å². The molecule has 0 atom stereocenters. The second-order valence-corrected chi connectivity index (χ2v) is 5.53. The lowest BCUT2D eigenvalue weighted by molar-refractivity contribution is 0.174. The highest BCUT2D eigenvalue weighted by molar-refractivity contribution is 5.92. The van der Waals surface area contributed by atoms with Gasteiger partial charge >= 0.3 is 5.69 Å². The van der Waals surface area contributed by atoms with E-state index in [-0.39, 0.29) is 6.79 Å². The van der Waals surface area contributed by atoms with Crippen molar-refractivity contribution in [3.05, 3.63) is 51.3 Å². The number of rotatable bonds is 4. The monoisotopic (exact) mass is 341 g/mol. The third kappa shape index (κ3) is 2.56. The third-order valence-corrected chi connectivity index (χ3v) is 4.08. The number of H-pyrrole nitrogens is 1. The molecule has 0 bridgehead atoms. The molecular formula is C17H15N3O5. The van der Waals surface area contributed by atoms with Crippen molar-refractivity contribution < 1.29 is 14.2 Å². The zero-order valence-electron chi connectivity index (χ0n) is 13.4. The summed E-state index contributed by atoms with van der Waals surface area (Å²) in [5.41, 5.74) is 0.773. The molecule has 0 saturated heterocycles. The van der Waals surface area contributed by atoms with Crippen LogP contribution in [0.15, 0.2) is 40.1 Å². The van der Waals surface area contributed by atoms with Crippen LogP contribution in [-0.4, -0.2) is 35.0 Å². The first kappa shape index (κ1) is 15.4. The SMILES string of the molecule is COCCn1c(=O)[nH]c(=O)c2c(-c3ccc4c(c3)OCO4)ccnc21. The molecule has 0 aliphatic carbocycles. The van der Waals surface area contributed by atoms with Gasteiger partial charge in [-0.1, -0.05) is 6.07 Å². The normalized spacial score (nSPS) is 12.7. The average molecular weight is 341 g/mol. The number of methoxy groups -OCH3 is 1. The Bertz CT molecular complexity index is 1070. The molecule has 1 N–H and O–H groups in total. The van der Waals surface area contributed by atoms with E-state index in [0.717, 1.165) is 5.56 Å². The molecule has 0 amide bonds. The second kappa shape index (κ2) is 6.06. The lowest BCUT2D eigenvalue weighted by Gasteiger charge is -2.11. The van der Waals surface area contributed by atoms with Crippen molar-refractivity contribution in [3.8, 4) is 22.6 Å². The number of hydrogen-bond acceptors (Lipinski definition) is 6. The number of aromatic amines is 1. The number of nitrogens with one attached hydrogen (secondary N) is 1. The van der Waals surface area contributed by atoms with E-state index in [4.69, 9.17) is 14.2 Å². The van der Waals surface area contributed by atoms with Gasteiger partial charge in [-0.05, 0) is 29.3 Å². The summed E-state index contributed by atoms with van der Waals surface area (Å²) in [6.45, 7) is 0.796. The molecule has 4 rings (SSSR count). The fourth-order valence-electron chi connectivity index (χ4n) is 2.90. The molecule has 3 aromatic rings. The van der Waals surface area contributed by atoms with E-state index < -0.39 is 11.2 Å². The van der Waals surface area contributed by atoms with Crippen molar-refractivity contribution in [1.82, 2.24) is 14.5 Å². The molecule has 25 heavy (non-hydrogen) atoms. The molecule has 0 fully saturated rings. The molecule has 0 saturated carbocycles. The molecule has 0 radical (unpaired) electrons. The lowest BCUT2D eigenvalue weighted by atomic mass is 10.0. The molecule has 2 aromatic heterocycles. The number of benzene rings is 1. The van der Waals surface area contributed by atoms with Crippen LogP contribution >= 0.6 is 0 Å². The molecule has 0 unspecified atom stereocenters. The van der Waals surface area contributed by atoms with Crippen LogP contribution in [-0.2, 0) is 11.3 Å². The van der Waals surface area contributed by atoms with E-state index in [2.05, 4.69) is 9.97 Å². The van der Waals surface area contributed by atoms with E-state index in [0.29, 0.717) is 41.2 Å². The number of nitrogens with zero attached hydrogens (tertiary/aromatic N) is 2. The summed E-state index contributed by atoms with van der Waals surface area (Å²) in [6.07, 6.45) is 1.57. The van der Waals surface area contributed by atoms with Crippen molar-refractivity contribution in [2.45, 2.75) is 6.54 Å². The van der Waals surface area contributed by atoms with Crippen LogP contribution in [0.5, 0.6) is 11.5 Å². The highest BCUT2D eigenvalue weighted by Crippen LogP contribution is 2.36. The summed E-state index contributed by atoms with van der Waals surface area (Å²) >= 11 is 0. The second-order valence-electron chi connectivity index (χ2n) is 5.53. The number of ether oxygens (including phenoxy) is 3. The first-order valence-corrected chi connectivity index (χ1v) is 7.70. The van der Waals surface area contributed by atoms with Gasteiger partial charge in [0.2, 0.25) is 6.79 Å². The lowest BCUT2D eigenvalue weighted by Crippen LogP contribution is -2.32. The van der Waals surface area contributed by atoms with E-state index in [1.54, 1.807) is 31.5 Å². The summed E-state index contributed by atoms with van der Waals surface area (Å²) < 4.78 is 17.2. The van der Waals surface area contributed by atoms with Gasteiger partial charge in [0.05, 0.1) is 18.5 Å². The number of hydrogen-bond donors (Lipinski definition) is 1. The minimum atomic E-state index is -0.509. The quantitative estimate of drug-likeness (QED) is 0.764. The van der Waals surface area contributed by atoms with Crippen molar-refractivity contribution in [3.63, 3.8) is 0 Å². The van der Waals surface area contributed by atoms with Gasteiger partial charge in [-0.15, -0.1) is 0 Å². The Morgan fingerprint density at radius 2 is 2.08 bits per heavy atom. The molecule has 128 valence electrons. The van der Waals surface area contributed by atoms with E-state index >= 15 is 0 Å². The molecule has 0 spiro atoms. The summed E-state index contributed by atoms with van der Waals surface area (Å²) in [5, 5.41) is 0.345. The molecular weight excluding hydrogens is 326 g/mol. The maximum atomic E-state index is 12.5. The minimum absolute atomic E-state index is 0.174. The Labute approximate surface area is 141 Å².